The summed E-state index contributed by atoms with van der Waals surface area (Å²) in [5.41, 5.74) is 0.543. The van der Waals surface area contributed by atoms with E-state index >= 15 is 0 Å². The van der Waals surface area contributed by atoms with Gasteiger partial charge in [-0.15, -0.1) is 0 Å². The van der Waals surface area contributed by atoms with Crippen molar-refractivity contribution in [2.75, 3.05) is 11.9 Å². The zero-order valence-corrected chi connectivity index (χ0v) is 12.5. The predicted molar refractivity (Wildman–Crippen MR) is 79.9 cm³/mol. The van der Waals surface area contributed by atoms with Gasteiger partial charge in [0.05, 0.1) is 0 Å². The molecule has 0 fully saturated rings. The van der Waals surface area contributed by atoms with Crippen LogP contribution in [0.5, 0.6) is 0 Å². The van der Waals surface area contributed by atoms with Crippen LogP contribution in [0.25, 0.3) is 0 Å². The van der Waals surface area contributed by atoms with Crippen molar-refractivity contribution in [3.8, 4) is 0 Å². The normalized spacial score (nSPS) is 12.0. The minimum absolute atomic E-state index is 0.107. The van der Waals surface area contributed by atoms with Crippen LogP contribution in [0, 0.1) is 0 Å². The topological polar surface area (TPSA) is 54.0 Å². The average molecular weight is 284 g/mol. The highest BCUT2D eigenvalue weighted by molar-refractivity contribution is 6.29. The number of hydrogen-bond acceptors (Lipinski definition) is 3. The maximum atomic E-state index is 12.1. The monoisotopic (exact) mass is 283 g/mol. The van der Waals surface area contributed by atoms with Gasteiger partial charge in [0, 0.05) is 18.2 Å². The zero-order valence-electron chi connectivity index (χ0n) is 11.8. The van der Waals surface area contributed by atoms with E-state index < -0.39 is 0 Å². The van der Waals surface area contributed by atoms with Gasteiger partial charge in [0.15, 0.2) is 0 Å². The molecule has 1 aromatic heterocycles. The van der Waals surface area contributed by atoms with Crippen LogP contribution in [-0.2, 0) is 0 Å². The molecule has 0 aliphatic rings. The lowest BCUT2D eigenvalue weighted by Crippen LogP contribution is -2.32. The third-order valence-electron chi connectivity index (χ3n) is 2.71. The standard InChI is InChI=1S/C14H22ClN3O/c1-4-6-10(3)17-14(19)11-8-12(15)18-13(9-11)16-7-5-2/h8-10H,4-7H2,1-3H3,(H,16,18)(H,17,19). The third-order valence-corrected chi connectivity index (χ3v) is 2.91. The lowest BCUT2D eigenvalue weighted by atomic mass is 10.1. The molecule has 0 aromatic carbocycles. The molecule has 0 radical (unpaired) electrons. The molecule has 1 aromatic rings. The van der Waals surface area contributed by atoms with Gasteiger partial charge in [-0.1, -0.05) is 31.9 Å². The van der Waals surface area contributed by atoms with Crippen LogP contribution in [0.2, 0.25) is 5.15 Å². The molecule has 0 saturated carbocycles. The van der Waals surface area contributed by atoms with E-state index in [1.807, 2.05) is 6.92 Å². The minimum Gasteiger partial charge on any atom is -0.370 e. The number of hydrogen-bond donors (Lipinski definition) is 2. The van der Waals surface area contributed by atoms with E-state index in [9.17, 15) is 4.79 Å². The van der Waals surface area contributed by atoms with Crippen LogP contribution >= 0.6 is 11.6 Å². The number of anilines is 1. The van der Waals surface area contributed by atoms with Crippen molar-refractivity contribution in [1.29, 1.82) is 0 Å². The van der Waals surface area contributed by atoms with Gasteiger partial charge in [-0.05, 0) is 31.9 Å². The van der Waals surface area contributed by atoms with Crippen molar-refractivity contribution >= 4 is 23.3 Å². The number of amides is 1. The first-order chi connectivity index (χ1) is 9.06. The molecule has 106 valence electrons. The van der Waals surface area contributed by atoms with Crippen LogP contribution in [0.3, 0.4) is 0 Å². The van der Waals surface area contributed by atoms with E-state index in [4.69, 9.17) is 11.6 Å². The Bertz CT molecular complexity index is 423. The number of halogens is 1. The number of pyridine rings is 1. The molecular formula is C14H22ClN3O. The highest BCUT2D eigenvalue weighted by atomic mass is 35.5. The fourth-order valence-corrected chi connectivity index (χ4v) is 1.99. The molecule has 0 aliphatic carbocycles. The number of aromatic nitrogens is 1. The van der Waals surface area contributed by atoms with E-state index in [1.54, 1.807) is 12.1 Å². The fourth-order valence-electron chi connectivity index (χ4n) is 1.78. The number of rotatable bonds is 7. The molecule has 0 spiro atoms. The molecule has 19 heavy (non-hydrogen) atoms. The predicted octanol–water partition coefficient (Wildman–Crippen LogP) is 3.48. The summed E-state index contributed by atoms with van der Waals surface area (Å²) in [4.78, 5) is 16.2. The molecule has 1 amide bonds. The van der Waals surface area contributed by atoms with Gasteiger partial charge in [0.25, 0.3) is 5.91 Å². The number of nitrogens with one attached hydrogen (secondary N) is 2. The largest absolute Gasteiger partial charge is 0.370 e. The van der Waals surface area contributed by atoms with Crippen LogP contribution in [0.4, 0.5) is 5.82 Å². The van der Waals surface area contributed by atoms with E-state index in [-0.39, 0.29) is 11.9 Å². The molecule has 1 unspecified atom stereocenters. The lowest BCUT2D eigenvalue weighted by Gasteiger charge is -2.13. The second-order valence-corrected chi connectivity index (χ2v) is 5.04. The Balaban J connectivity index is 2.75. The first kappa shape index (κ1) is 15.8. The van der Waals surface area contributed by atoms with Gasteiger partial charge in [-0.3, -0.25) is 4.79 Å². The van der Waals surface area contributed by atoms with Gasteiger partial charge in [0.1, 0.15) is 11.0 Å². The van der Waals surface area contributed by atoms with Crippen LogP contribution < -0.4 is 10.6 Å². The van der Waals surface area contributed by atoms with Crippen molar-refractivity contribution < 1.29 is 4.79 Å². The molecule has 1 atom stereocenters. The summed E-state index contributed by atoms with van der Waals surface area (Å²) in [6.45, 7) is 6.97. The molecule has 4 nitrogen and oxygen atoms in total. The summed E-state index contributed by atoms with van der Waals surface area (Å²) in [6.07, 6.45) is 3.00. The molecule has 5 heteroatoms. The van der Waals surface area contributed by atoms with Gasteiger partial charge < -0.3 is 10.6 Å². The smallest absolute Gasteiger partial charge is 0.251 e. The van der Waals surface area contributed by atoms with Crippen LogP contribution in [0.15, 0.2) is 12.1 Å². The van der Waals surface area contributed by atoms with Gasteiger partial charge >= 0.3 is 0 Å². The molecule has 0 aliphatic heterocycles. The van der Waals surface area contributed by atoms with E-state index in [0.717, 1.165) is 25.8 Å². The van der Waals surface area contributed by atoms with E-state index in [1.165, 1.54) is 0 Å². The first-order valence-corrected chi connectivity index (χ1v) is 7.17. The highest BCUT2D eigenvalue weighted by Gasteiger charge is 2.11. The minimum atomic E-state index is -0.107. The Morgan fingerprint density at radius 2 is 2.11 bits per heavy atom. The Labute approximate surface area is 120 Å². The molecular weight excluding hydrogens is 262 g/mol. The number of carbonyl (C=O) groups is 1. The van der Waals surface area contributed by atoms with Crippen LogP contribution in [0.1, 0.15) is 50.4 Å². The maximum Gasteiger partial charge on any atom is 0.251 e. The summed E-state index contributed by atoms with van der Waals surface area (Å²) >= 11 is 5.94. The third kappa shape index (κ3) is 5.47. The Kier molecular flexibility index (Phi) is 6.64. The second-order valence-electron chi connectivity index (χ2n) is 4.65. The second kappa shape index (κ2) is 8.00. The van der Waals surface area contributed by atoms with Gasteiger partial charge in [-0.25, -0.2) is 4.98 Å². The van der Waals surface area contributed by atoms with Gasteiger partial charge in [-0.2, -0.15) is 0 Å². The summed E-state index contributed by atoms with van der Waals surface area (Å²) in [7, 11) is 0. The average Bonchev–Trinajstić information content (AvgIpc) is 2.36. The quantitative estimate of drug-likeness (QED) is 0.753. The lowest BCUT2D eigenvalue weighted by molar-refractivity contribution is 0.0938. The van der Waals surface area contributed by atoms with Gasteiger partial charge in [0.2, 0.25) is 0 Å². The zero-order chi connectivity index (χ0) is 14.3. The number of carbonyl (C=O) groups excluding carboxylic acids is 1. The maximum absolute atomic E-state index is 12.1. The molecule has 1 rings (SSSR count). The van der Waals surface area contributed by atoms with Crippen molar-refractivity contribution in [2.24, 2.45) is 0 Å². The molecule has 0 saturated heterocycles. The Morgan fingerprint density at radius 3 is 2.74 bits per heavy atom. The molecule has 1 heterocycles. The summed E-state index contributed by atoms with van der Waals surface area (Å²) in [5, 5.41) is 6.42. The molecule has 2 N–H and O–H groups in total. The van der Waals surface area contributed by atoms with Crippen molar-refractivity contribution in [3.05, 3.63) is 22.8 Å². The Morgan fingerprint density at radius 1 is 1.37 bits per heavy atom. The van der Waals surface area contributed by atoms with Crippen molar-refractivity contribution in [2.45, 2.75) is 46.1 Å². The van der Waals surface area contributed by atoms with Crippen molar-refractivity contribution in [3.63, 3.8) is 0 Å². The fraction of sp³-hybridized carbons (Fsp3) is 0.571. The van der Waals surface area contributed by atoms with Crippen LogP contribution in [-0.4, -0.2) is 23.5 Å². The Hall–Kier alpha value is -1.29. The van der Waals surface area contributed by atoms with Crippen molar-refractivity contribution in [1.82, 2.24) is 10.3 Å². The summed E-state index contributed by atoms with van der Waals surface area (Å²) in [5.74, 6) is 0.535. The SMILES string of the molecule is CCCNc1cc(C(=O)NC(C)CCC)cc(Cl)n1. The summed E-state index contributed by atoms with van der Waals surface area (Å²) < 4.78 is 0. The first-order valence-electron chi connectivity index (χ1n) is 6.79. The highest BCUT2D eigenvalue weighted by Crippen LogP contribution is 2.15. The summed E-state index contributed by atoms with van der Waals surface area (Å²) in [6, 6.07) is 3.49. The molecule has 0 bridgehead atoms. The van der Waals surface area contributed by atoms with E-state index in [0.29, 0.717) is 16.5 Å². The van der Waals surface area contributed by atoms with E-state index in [2.05, 4.69) is 29.5 Å². The number of nitrogens with zero attached hydrogens (tertiary/aromatic N) is 1.